The van der Waals surface area contributed by atoms with E-state index in [1.807, 2.05) is 20.8 Å². The van der Waals surface area contributed by atoms with E-state index in [4.69, 9.17) is 0 Å². The molecule has 0 aliphatic carbocycles. The van der Waals surface area contributed by atoms with Crippen molar-refractivity contribution < 1.29 is 13.3 Å². The van der Waals surface area contributed by atoms with Gasteiger partial charge in [0.05, 0.1) is 9.82 Å². The van der Waals surface area contributed by atoms with Crippen molar-refractivity contribution in [2.45, 2.75) is 45.9 Å². The Morgan fingerprint density at radius 1 is 1.32 bits per heavy atom. The molecule has 0 aliphatic rings. The summed E-state index contributed by atoms with van der Waals surface area (Å²) in [6, 6.07) is 3.81. The molecule has 0 radical (unpaired) electrons. The van der Waals surface area contributed by atoms with E-state index in [1.54, 1.807) is 13.8 Å². The lowest BCUT2D eigenvalue weighted by Gasteiger charge is -2.18. The maximum atomic E-state index is 12.5. The van der Waals surface area contributed by atoms with Crippen LogP contribution < -0.4 is 5.43 Å². The SMILES string of the molecule is CC[C@H](C)/C(C)=N\Nc1ccc(S(=O)(=O)N(CC)CC)cc1[N+](=O)[O-]. The van der Waals surface area contributed by atoms with E-state index >= 15 is 0 Å². The fraction of sp³-hybridized carbons (Fsp3) is 0.562. The van der Waals surface area contributed by atoms with Crippen molar-refractivity contribution >= 4 is 27.1 Å². The Balaban J connectivity index is 3.27. The van der Waals surface area contributed by atoms with Crippen molar-refractivity contribution in [3.63, 3.8) is 0 Å². The second kappa shape index (κ2) is 8.91. The van der Waals surface area contributed by atoms with Gasteiger partial charge in [0, 0.05) is 24.9 Å². The summed E-state index contributed by atoms with van der Waals surface area (Å²) >= 11 is 0. The summed E-state index contributed by atoms with van der Waals surface area (Å²) in [5.41, 5.74) is 3.33. The van der Waals surface area contributed by atoms with Gasteiger partial charge < -0.3 is 0 Å². The van der Waals surface area contributed by atoms with E-state index < -0.39 is 14.9 Å². The molecule has 9 heteroatoms. The number of nitro groups is 1. The van der Waals surface area contributed by atoms with Crippen LogP contribution in [0.3, 0.4) is 0 Å². The molecule has 1 aromatic carbocycles. The molecule has 25 heavy (non-hydrogen) atoms. The topological polar surface area (TPSA) is 105 Å². The van der Waals surface area contributed by atoms with Crippen LogP contribution in [0.15, 0.2) is 28.2 Å². The first-order chi connectivity index (χ1) is 11.7. The molecule has 8 nitrogen and oxygen atoms in total. The molecule has 140 valence electrons. The number of nitrogens with one attached hydrogen (secondary N) is 1. The van der Waals surface area contributed by atoms with Crippen molar-refractivity contribution in [3.8, 4) is 0 Å². The standard InChI is InChI=1S/C16H26N4O4S/c1-6-12(4)13(5)17-18-15-10-9-14(11-16(15)20(21)22)25(23,24)19(7-2)8-3/h9-12,18H,6-8H2,1-5H3/b17-13-/t12-/m0/s1. The minimum absolute atomic E-state index is 0.101. The predicted molar refractivity (Wildman–Crippen MR) is 99.4 cm³/mol. The maximum absolute atomic E-state index is 12.5. The highest BCUT2D eigenvalue weighted by Gasteiger charge is 2.25. The first-order valence-electron chi connectivity index (χ1n) is 8.27. The third-order valence-electron chi connectivity index (χ3n) is 4.19. The van der Waals surface area contributed by atoms with Crippen molar-refractivity contribution in [2.75, 3.05) is 18.5 Å². The lowest BCUT2D eigenvalue weighted by atomic mass is 10.1. The Kier molecular flexibility index (Phi) is 7.50. The van der Waals surface area contributed by atoms with E-state index in [1.165, 1.54) is 16.4 Å². The smallest absolute Gasteiger partial charge is 0.272 e. The number of rotatable bonds is 9. The molecular formula is C16H26N4O4S. The number of anilines is 1. The molecule has 1 N–H and O–H groups in total. The molecule has 0 saturated heterocycles. The molecule has 0 saturated carbocycles. The average Bonchev–Trinajstić information content (AvgIpc) is 2.59. The quantitative estimate of drug-likeness (QED) is 0.407. The van der Waals surface area contributed by atoms with Crippen LogP contribution in [0.25, 0.3) is 0 Å². The van der Waals surface area contributed by atoms with Gasteiger partial charge in [-0.1, -0.05) is 27.7 Å². The zero-order valence-corrected chi connectivity index (χ0v) is 16.1. The van der Waals surface area contributed by atoms with Gasteiger partial charge in [0.2, 0.25) is 10.0 Å². The second-order valence-electron chi connectivity index (χ2n) is 5.70. The van der Waals surface area contributed by atoms with Crippen LogP contribution in [0.1, 0.15) is 41.0 Å². The lowest BCUT2D eigenvalue weighted by molar-refractivity contribution is -0.384. The summed E-state index contributed by atoms with van der Waals surface area (Å²) in [6.45, 7) is 9.91. The van der Waals surface area contributed by atoms with Gasteiger partial charge >= 0.3 is 0 Å². The van der Waals surface area contributed by atoms with Gasteiger partial charge in [0.1, 0.15) is 5.69 Å². The molecule has 0 heterocycles. The summed E-state index contributed by atoms with van der Waals surface area (Å²) in [4.78, 5) is 10.6. The summed E-state index contributed by atoms with van der Waals surface area (Å²) in [5.74, 6) is 0.244. The Bertz CT molecular complexity index is 743. The molecule has 0 fully saturated rings. The molecule has 0 amide bonds. The van der Waals surface area contributed by atoms with Gasteiger partial charge in [-0.2, -0.15) is 9.41 Å². The van der Waals surface area contributed by atoms with Crippen molar-refractivity contribution in [2.24, 2.45) is 11.0 Å². The number of hydrazone groups is 1. The number of hydrogen-bond acceptors (Lipinski definition) is 6. The monoisotopic (exact) mass is 370 g/mol. The summed E-state index contributed by atoms with van der Waals surface area (Å²) in [5, 5.41) is 15.5. The molecule has 0 aromatic heterocycles. The molecule has 1 aromatic rings. The normalized spacial score (nSPS) is 13.8. The maximum Gasteiger partial charge on any atom is 0.295 e. The van der Waals surface area contributed by atoms with Gasteiger partial charge in [0.15, 0.2) is 0 Å². The average molecular weight is 370 g/mol. The third kappa shape index (κ3) is 4.99. The highest BCUT2D eigenvalue weighted by Crippen LogP contribution is 2.29. The molecule has 1 rings (SSSR count). The van der Waals surface area contributed by atoms with E-state index in [2.05, 4.69) is 10.5 Å². The summed E-state index contributed by atoms with van der Waals surface area (Å²) in [7, 11) is -3.76. The minimum Gasteiger partial charge on any atom is -0.272 e. The van der Waals surface area contributed by atoms with E-state index in [9.17, 15) is 18.5 Å². The van der Waals surface area contributed by atoms with Crippen molar-refractivity contribution in [3.05, 3.63) is 28.3 Å². The fourth-order valence-electron chi connectivity index (χ4n) is 2.18. The highest BCUT2D eigenvalue weighted by atomic mass is 32.2. The molecule has 1 atom stereocenters. The van der Waals surface area contributed by atoms with Crippen LogP contribution in [0.5, 0.6) is 0 Å². The van der Waals surface area contributed by atoms with Crippen LogP contribution >= 0.6 is 0 Å². The molecule has 0 unspecified atom stereocenters. The Hall–Kier alpha value is -2.00. The van der Waals surface area contributed by atoms with Crippen LogP contribution in [0.4, 0.5) is 11.4 Å². The zero-order chi connectivity index (χ0) is 19.2. The van der Waals surface area contributed by atoms with Gasteiger partial charge in [-0.15, -0.1) is 0 Å². The Labute approximate surface area is 149 Å². The number of sulfonamides is 1. The Morgan fingerprint density at radius 2 is 1.92 bits per heavy atom. The van der Waals surface area contributed by atoms with Gasteiger partial charge in [0.25, 0.3) is 5.69 Å². The first kappa shape index (κ1) is 21.0. The largest absolute Gasteiger partial charge is 0.295 e. The van der Waals surface area contributed by atoms with Crippen LogP contribution in [0.2, 0.25) is 0 Å². The first-order valence-corrected chi connectivity index (χ1v) is 9.71. The van der Waals surface area contributed by atoms with E-state index in [-0.39, 0.29) is 22.2 Å². The number of benzene rings is 1. The van der Waals surface area contributed by atoms with Gasteiger partial charge in [-0.3, -0.25) is 15.5 Å². The number of nitro benzene ring substituents is 1. The summed E-state index contributed by atoms with van der Waals surface area (Å²) in [6.07, 6.45) is 0.903. The molecule has 0 spiro atoms. The number of hydrogen-bond donors (Lipinski definition) is 1. The molecule has 0 aliphatic heterocycles. The highest BCUT2D eigenvalue weighted by molar-refractivity contribution is 7.89. The fourth-order valence-corrected chi connectivity index (χ4v) is 3.66. The van der Waals surface area contributed by atoms with Crippen LogP contribution in [0, 0.1) is 16.0 Å². The van der Waals surface area contributed by atoms with Gasteiger partial charge in [-0.05, 0) is 31.4 Å². The van der Waals surface area contributed by atoms with Crippen LogP contribution in [-0.2, 0) is 10.0 Å². The predicted octanol–water partition coefficient (Wildman–Crippen LogP) is 3.46. The number of nitrogens with zero attached hydrogens (tertiary/aromatic N) is 3. The van der Waals surface area contributed by atoms with E-state index in [0.29, 0.717) is 13.1 Å². The molecular weight excluding hydrogens is 344 g/mol. The zero-order valence-electron chi connectivity index (χ0n) is 15.3. The molecule has 0 bridgehead atoms. The van der Waals surface area contributed by atoms with Gasteiger partial charge in [-0.25, -0.2) is 8.42 Å². The van der Waals surface area contributed by atoms with Crippen LogP contribution in [-0.4, -0.2) is 36.4 Å². The Morgan fingerprint density at radius 3 is 2.40 bits per heavy atom. The second-order valence-corrected chi connectivity index (χ2v) is 7.64. The van der Waals surface area contributed by atoms with Crippen molar-refractivity contribution in [1.29, 1.82) is 0 Å². The lowest BCUT2D eigenvalue weighted by Crippen LogP contribution is -2.30. The van der Waals surface area contributed by atoms with E-state index in [0.717, 1.165) is 18.2 Å². The summed E-state index contributed by atoms with van der Waals surface area (Å²) < 4.78 is 26.3. The third-order valence-corrected chi connectivity index (χ3v) is 6.23. The minimum atomic E-state index is -3.76. The van der Waals surface area contributed by atoms with Crippen molar-refractivity contribution in [1.82, 2.24) is 4.31 Å².